The van der Waals surface area contributed by atoms with Gasteiger partial charge in [0.15, 0.2) is 17.3 Å². The molecule has 9 heteroatoms. The Hall–Kier alpha value is -3.49. The topological polar surface area (TPSA) is 126 Å². The SMILES string of the molecule is C=C(C1CCC(C)CC1)n1c(-c2cc(C(C)C)cc(=O)[nH]2)nc2nc(C(=O)O)nc(NC(C)C3CCC3)c21. The van der Waals surface area contributed by atoms with Crippen molar-refractivity contribution in [3.8, 4) is 11.5 Å². The van der Waals surface area contributed by atoms with Gasteiger partial charge in [0.05, 0.1) is 5.69 Å². The highest BCUT2D eigenvalue weighted by Crippen LogP contribution is 2.40. The minimum Gasteiger partial charge on any atom is -0.475 e. The van der Waals surface area contributed by atoms with E-state index in [-0.39, 0.29) is 34.9 Å². The molecule has 0 aliphatic heterocycles. The molecular weight excluding hydrogens is 480 g/mol. The first kappa shape index (κ1) is 26.1. The summed E-state index contributed by atoms with van der Waals surface area (Å²) in [5.74, 6) is 0.994. The Morgan fingerprint density at radius 1 is 1.11 bits per heavy atom. The molecule has 0 bridgehead atoms. The van der Waals surface area contributed by atoms with Crippen molar-refractivity contribution in [1.29, 1.82) is 0 Å². The van der Waals surface area contributed by atoms with E-state index in [9.17, 15) is 14.7 Å². The molecule has 5 rings (SSSR count). The maximum atomic E-state index is 12.7. The zero-order chi connectivity index (χ0) is 27.1. The predicted octanol–water partition coefficient (Wildman–Crippen LogP) is 5.90. The van der Waals surface area contributed by atoms with E-state index in [1.807, 2.05) is 24.5 Å². The summed E-state index contributed by atoms with van der Waals surface area (Å²) in [5, 5.41) is 13.3. The number of carboxylic acid groups (broad SMARTS) is 1. The van der Waals surface area contributed by atoms with Crippen LogP contribution in [0.3, 0.4) is 0 Å². The first-order valence-corrected chi connectivity index (χ1v) is 13.9. The molecule has 2 saturated carbocycles. The van der Waals surface area contributed by atoms with Crippen LogP contribution in [0.2, 0.25) is 0 Å². The van der Waals surface area contributed by atoms with Crippen LogP contribution in [-0.2, 0) is 0 Å². The van der Waals surface area contributed by atoms with Crippen molar-refractivity contribution in [3.63, 3.8) is 0 Å². The van der Waals surface area contributed by atoms with Crippen molar-refractivity contribution in [2.45, 2.75) is 84.6 Å². The number of carboxylic acids is 1. The third-order valence-electron chi connectivity index (χ3n) is 8.47. The van der Waals surface area contributed by atoms with Crippen molar-refractivity contribution in [2.24, 2.45) is 17.8 Å². The monoisotopic (exact) mass is 518 g/mol. The number of nitrogens with one attached hydrogen (secondary N) is 2. The van der Waals surface area contributed by atoms with E-state index in [0.29, 0.717) is 34.7 Å². The molecule has 0 spiro atoms. The number of hydrogen-bond donors (Lipinski definition) is 3. The van der Waals surface area contributed by atoms with Crippen LogP contribution >= 0.6 is 0 Å². The molecule has 1 atom stereocenters. The van der Waals surface area contributed by atoms with Gasteiger partial charge in [-0.2, -0.15) is 0 Å². The lowest BCUT2D eigenvalue weighted by Crippen LogP contribution is -2.31. The molecule has 9 nitrogen and oxygen atoms in total. The number of rotatable bonds is 8. The number of allylic oxidation sites excluding steroid dienone is 1. The van der Waals surface area contributed by atoms with Gasteiger partial charge in [0.2, 0.25) is 11.4 Å². The van der Waals surface area contributed by atoms with Crippen LogP contribution in [0, 0.1) is 17.8 Å². The van der Waals surface area contributed by atoms with Gasteiger partial charge in [-0.1, -0.05) is 46.6 Å². The van der Waals surface area contributed by atoms with Gasteiger partial charge in [-0.3, -0.25) is 9.36 Å². The van der Waals surface area contributed by atoms with Crippen molar-refractivity contribution in [3.05, 3.63) is 40.5 Å². The minimum atomic E-state index is -1.21. The van der Waals surface area contributed by atoms with Crippen LogP contribution in [0.5, 0.6) is 0 Å². The Morgan fingerprint density at radius 2 is 1.82 bits per heavy atom. The standard InChI is InChI=1S/C29H38N6O3/c1-15(2)21-13-22(31-23(36)14-21)28-34-26-24(35(28)18(5)20-11-9-16(3)10-12-20)25(32-27(33-26)29(37)38)30-17(4)19-7-6-8-19/h13-17,19-20H,5-12H2,1-4H3,(H,31,36)(H,37,38)(H,30,32,33). The summed E-state index contributed by atoms with van der Waals surface area (Å²) in [6.45, 7) is 13.0. The predicted molar refractivity (Wildman–Crippen MR) is 149 cm³/mol. The second-order valence-electron chi connectivity index (χ2n) is 11.6. The van der Waals surface area contributed by atoms with Crippen LogP contribution in [0.1, 0.15) is 94.7 Å². The molecule has 3 heterocycles. The molecule has 0 aromatic carbocycles. The largest absolute Gasteiger partial charge is 0.475 e. The molecule has 2 fully saturated rings. The van der Waals surface area contributed by atoms with Crippen LogP contribution in [0.15, 0.2) is 23.5 Å². The summed E-state index contributed by atoms with van der Waals surface area (Å²) in [5.41, 5.74) is 2.99. The van der Waals surface area contributed by atoms with E-state index in [0.717, 1.165) is 49.8 Å². The Bertz CT molecular complexity index is 1430. The van der Waals surface area contributed by atoms with Crippen LogP contribution in [0.25, 0.3) is 28.4 Å². The molecule has 2 aliphatic carbocycles. The highest BCUT2D eigenvalue weighted by molar-refractivity contribution is 5.94. The Balaban J connectivity index is 1.74. The lowest BCUT2D eigenvalue weighted by atomic mass is 9.80. The van der Waals surface area contributed by atoms with Gasteiger partial charge in [-0.15, -0.1) is 0 Å². The number of hydrogen-bond acceptors (Lipinski definition) is 6. The summed E-state index contributed by atoms with van der Waals surface area (Å²) < 4.78 is 1.97. The fraction of sp³-hybridized carbons (Fsp3) is 0.552. The molecule has 3 aromatic rings. The van der Waals surface area contributed by atoms with Crippen molar-refractivity contribution < 1.29 is 9.90 Å². The van der Waals surface area contributed by atoms with Crippen LogP contribution in [0.4, 0.5) is 5.82 Å². The lowest BCUT2D eigenvalue weighted by molar-refractivity contribution is 0.0684. The molecule has 1 unspecified atom stereocenters. The maximum absolute atomic E-state index is 12.7. The van der Waals surface area contributed by atoms with E-state index < -0.39 is 5.97 Å². The number of aromatic amines is 1. The quantitative estimate of drug-likeness (QED) is 0.339. The molecule has 0 radical (unpaired) electrons. The Morgan fingerprint density at radius 3 is 2.42 bits per heavy atom. The Kier molecular flexibility index (Phi) is 7.11. The number of aromatic carboxylic acids is 1. The van der Waals surface area contributed by atoms with Gasteiger partial charge in [-0.25, -0.2) is 19.7 Å². The van der Waals surface area contributed by atoms with E-state index in [1.165, 1.54) is 6.42 Å². The first-order valence-electron chi connectivity index (χ1n) is 13.9. The molecule has 2 aliphatic rings. The number of fused-ring (bicyclic) bond motifs is 1. The van der Waals surface area contributed by atoms with Gasteiger partial charge in [0.1, 0.15) is 5.52 Å². The van der Waals surface area contributed by atoms with Crippen molar-refractivity contribution in [2.75, 3.05) is 5.32 Å². The van der Waals surface area contributed by atoms with E-state index in [4.69, 9.17) is 4.98 Å². The highest BCUT2D eigenvalue weighted by Gasteiger charge is 2.30. The summed E-state index contributed by atoms with van der Waals surface area (Å²) in [6, 6.07) is 3.66. The number of nitrogens with zero attached hydrogens (tertiary/aromatic N) is 4. The van der Waals surface area contributed by atoms with Crippen molar-refractivity contribution >= 4 is 28.6 Å². The number of pyridine rings is 1. The number of imidazole rings is 1. The first-order chi connectivity index (χ1) is 18.1. The van der Waals surface area contributed by atoms with Gasteiger partial charge >= 0.3 is 5.97 Å². The zero-order valence-electron chi connectivity index (χ0n) is 22.8. The van der Waals surface area contributed by atoms with Gasteiger partial charge in [0.25, 0.3) is 0 Å². The molecule has 38 heavy (non-hydrogen) atoms. The van der Waals surface area contributed by atoms with E-state index in [2.05, 4.69) is 40.7 Å². The van der Waals surface area contributed by atoms with Gasteiger partial charge in [-0.05, 0) is 67.9 Å². The second kappa shape index (κ2) is 10.3. The lowest BCUT2D eigenvalue weighted by Gasteiger charge is -2.32. The maximum Gasteiger partial charge on any atom is 0.374 e. The molecule has 0 saturated heterocycles. The summed E-state index contributed by atoms with van der Waals surface area (Å²) in [6.07, 6.45) is 7.73. The van der Waals surface area contributed by atoms with Crippen LogP contribution in [-0.4, -0.2) is 41.6 Å². The summed E-state index contributed by atoms with van der Waals surface area (Å²) in [7, 11) is 0. The third kappa shape index (κ3) is 4.98. The average molecular weight is 519 g/mol. The molecule has 3 aromatic heterocycles. The molecular formula is C29H38N6O3. The fourth-order valence-corrected chi connectivity index (χ4v) is 5.71. The second-order valence-corrected chi connectivity index (χ2v) is 11.6. The number of H-pyrrole nitrogens is 1. The number of carbonyl (C=O) groups is 1. The number of anilines is 1. The fourth-order valence-electron chi connectivity index (χ4n) is 5.71. The number of aromatic nitrogens is 5. The van der Waals surface area contributed by atoms with Gasteiger partial charge in [0, 0.05) is 17.8 Å². The normalized spacial score (nSPS) is 20.9. The highest BCUT2D eigenvalue weighted by atomic mass is 16.4. The smallest absolute Gasteiger partial charge is 0.374 e. The molecule has 0 amide bonds. The van der Waals surface area contributed by atoms with Gasteiger partial charge < -0.3 is 15.4 Å². The Labute approximate surface area is 222 Å². The van der Waals surface area contributed by atoms with Crippen molar-refractivity contribution in [1.82, 2.24) is 24.5 Å². The average Bonchev–Trinajstić information content (AvgIpc) is 3.22. The van der Waals surface area contributed by atoms with E-state index >= 15 is 0 Å². The zero-order valence-corrected chi connectivity index (χ0v) is 22.8. The third-order valence-corrected chi connectivity index (χ3v) is 8.47. The summed E-state index contributed by atoms with van der Waals surface area (Å²) >= 11 is 0. The van der Waals surface area contributed by atoms with E-state index in [1.54, 1.807) is 6.07 Å². The molecule has 3 N–H and O–H groups in total. The molecule has 202 valence electrons. The van der Waals surface area contributed by atoms with Crippen LogP contribution < -0.4 is 10.9 Å². The summed E-state index contributed by atoms with van der Waals surface area (Å²) in [4.78, 5) is 41.2. The minimum absolute atomic E-state index is 0.114.